The van der Waals surface area contributed by atoms with Gasteiger partial charge in [-0.05, 0) is 54.7 Å². The van der Waals surface area contributed by atoms with Gasteiger partial charge in [-0.2, -0.15) is 5.26 Å². The number of aromatic nitrogens is 2. The van der Waals surface area contributed by atoms with E-state index in [1.165, 1.54) is 12.8 Å². The molecular formula is C24H20N4. The molecule has 0 radical (unpaired) electrons. The minimum Gasteiger partial charge on any atom is -0.399 e. The molecule has 0 unspecified atom stereocenters. The molecule has 4 nitrogen and oxygen atoms in total. The van der Waals surface area contributed by atoms with Crippen molar-refractivity contribution in [2.45, 2.75) is 19.4 Å². The van der Waals surface area contributed by atoms with Crippen LogP contribution >= 0.6 is 0 Å². The van der Waals surface area contributed by atoms with Crippen LogP contribution in [-0.4, -0.2) is 9.55 Å². The number of benzene rings is 2. The second kappa shape index (κ2) is 6.54. The summed E-state index contributed by atoms with van der Waals surface area (Å²) in [6.45, 7) is 0.934. The zero-order valence-corrected chi connectivity index (χ0v) is 15.5. The highest BCUT2D eigenvalue weighted by atomic mass is 15.0. The third-order valence-corrected chi connectivity index (χ3v) is 5.46. The summed E-state index contributed by atoms with van der Waals surface area (Å²) in [5, 5.41) is 11.0. The molecule has 4 aromatic rings. The number of nitriles is 1. The maximum absolute atomic E-state index is 9.98. The Morgan fingerprint density at radius 2 is 1.82 bits per heavy atom. The number of hydrogen-bond donors (Lipinski definition) is 1. The van der Waals surface area contributed by atoms with Gasteiger partial charge in [0, 0.05) is 29.4 Å². The Morgan fingerprint density at radius 3 is 2.50 bits per heavy atom. The molecule has 0 bridgehead atoms. The lowest BCUT2D eigenvalue weighted by atomic mass is 10.0. The first-order valence-electron chi connectivity index (χ1n) is 9.58. The van der Waals surface area contributed by atoms with Crippen LogP contribution in [0.4, 0.5) is 5.69 Å². The fourth-order valence-corrected chi connectivity index (χ4v) is 3.84. The van der Waals surface area contributed by atoms with Crippen LogP contribution in [0, 0.1) is 17.2 Å². The molecule has 5 rings (SSSR count). The van der Waals surface area contributed by atoms with Gasteiger partial charge in [0.25, 0.3) is 0 Å². The largest absolute Gasteiger partial charge is 0.399 e. The summed E-state index contributed by atoms with van der Waals surface area (Å²) < 4.78 is 2.32. The predicted octanol–water partition coefficient (Wildman–Crippen LogP) is 5.23. The second-order valence-electron chi connectivity index (χ2n) is 7.46. The average molecular weight is 364 g/mol. The third kappa shape index (κ3) is 2.82. The maximum atomic E-state index is 9.98. The van der Waals surface area contributed by atoms with Gasteiger partial charge in [0.1, 0.15) is 6.07 Å². The van der Waals surface area contributed by atoms with Crippen LogP contribution in [0.15, 0.2) is 66.9 Å². The highest BCUT2D eigenvalue weighted by Crippen LogP contribution is 2.39. The van der Waals surface area contributed by atoms with Crippen LogP contribution in [0.2, 0.25) is 0 Å². The van der Waals surface area contributed by atoms with Crippen molar-refractivity contribution in [1.29, 1.82) is 5.26 Å². The van der Waals surface area contributed by atoms with E-state index in [1.807, 2.05) is 48.7 Å². The molecule has 136 valence electrons. The number of rotatable bonds is 4. The molecule has 1 fully saturated rings. The van der Waals surface area contributed by atoms with Crippen molar-refractivity contribution in [3.8, 4) is 28.6 Å². The standard InChI is InChI=1S/C24H20N4/c25-14-21-20-11-8-18(22-3-1-2-12-27-22)13-23(20)28(15-16-4-5-16)24(21)17-6-9-19(26)10-7-17/h1-3,6-13,16H,4-5,15,26H2. The second-order valence-corrected chi connectivity index (χ2v) is 7.46. The number of hydrogen-bond acceptors (Lipinski definition) is 3. The molecule has 1 aliphatic rings. The van der Waals surface area contributed by atoms with E-state index in [4.69, 9.17) is 5.73 Å². The highest BCUT2D eigenvalue weighted by molar-refractivity contribution is 5.96. The molecule has 0 spiro atoms. The number of nitrogen functional groups attached to an aromatic ring is 1. The molecule has 28 heavy (non-hydrogen) atoms. The van der Waals surface area contributed by atoms with E-state index in [-0.39, 0.29) is 0 Å². The Labute approximate surface area is 163 Å². The molecule has 2 aromatic heterocycles. The number of anilines is 1. The van der Waals surface area contributed by atoms with Crippen molar-refractivity contribution < 1.29 is 0 Å². The summed E-state index contributed by atoms with van der Waals surface area (Å²) in [5.74, 6) is 0.688. The van der Waals surface area contributed by atoms with Gasteiger partial charge in [-0.25, -0.2) is 0 Å². The molecule has 1 saturated carbocycles. The minimum atomic E-state index is 0.688. The number of nitrogens with zero attached hydrogens (tertiary/aromatic N) is 3. The molecular weight excluding hydrogens is 344 g/mol. The van der Waals surface area contributed by atoms with Gasteiger partial charge >= 0.3 is 0 Å². The van der Waals surface area contributed by atoms with E-state index < -0.39 is 0 Å². The smallest absolute Gasteiger partial charge is 0.102 e. The molecule has 0 atom stereocenters. The molecule has 2 heterocycles. The molecule has 0 amide bonds. The molecule has 2 aromatic carbocycles. The zero-order valence-electron chi connectivity index (χ0n) is 15.5. The molecule has 0 saturated heterocycles. The summed E-state index contributed by atoms with van der Waals surface area (Å²) in [6.07, 6.45) is 4.31. The Kier molecular flexibility index (Phi) is 3.87. The Hall–Kier alpha value is -3.58. The zero-order chi connectivity index (χ0) is 19.1. The molecule has 4 heteroatoms. The van der Waals surface area contributed by atoms with Crippen LogP contribution < -0.4 is 5.73 Å². The van der Waals surface area contributed by atoms with E-state index in [2.05, 4.69) is 33.8 Å². The van der Waals surface area contributed by atoms with Crippen molar-refractivity contribution in [2.75, 3.05) is 5.73 Å². The SMILES string of the molecule is N#Cc1c(-c2ccc(N)cc2)n(CC2CC2)c2cc(-c3ccccn3)ccc12. The normalized spacial score (nSPS) is 13.5. The van der Waals surface area contributed by atoms with Crippen LogP contribution in [0.25, 0.3) is 33.4 Å². The van der Waals surface area contributed by atoms with Crippen LogP contribution in [0.5, 0.6) is 0 Å². The number of fused-ring (bicyclic) bond motifs is 1. The van der Waals surface area contributed by atoms with Crippen LogP contribution in [0.1, 0.15) is 18.4 Å². The van der Waals surface area contributed by atoms with E-state index in [9.17, 15) is 5.26 Å². The van der Waals surface area contributed by atoms with Gasteiger partial charge in [-0.1, -0.05) is 30.3 Å². The average Bonchev–Trinajstić information content (AvgIpc) is 3.51. The Bertz CT molecular complexity index is 1190. The summed E-state index contributed by atoms with van der Waals surface area (Å²) >= 11 is 0. The number of pyridine rings is 1. The van der Waals surface area contributed by atoms with E-state index in [0.717, 1.165) is 51.2 Å². The first kappa shape index (κ1) is 16.6. The minimum absolute atomic E-state index is 0.688. The molecule has 1 aliphatic carbocycles. The maximum Gasteiger partial charge on any atom is 0.102 e. The fourth-order valence-electron chi connectivity index (χ4n) is 3.84. The van der Waals surface area contributed by atoms with Gasteiger partial charge in [0.2, 0.25) is 0 Å². The van der Waals surface area contributed by atoms with Gasteiger partial charge in [-0.15, -0.1) is 0 Å². The number of nitrogens with two attached hydrogens (primary N) is 1. The van der Waals surface area contributed by atoms with E-state index in [0.29, 0.717) is 5.92 Å². The lowest BCUT2D eigenvalue weighted by molar-refractivity contribution is 0.652. The quantitative estimate of drug-likeness (QED) is 0.504. The lowest BCUT2D eigenvalue weighted by Crippen LogP contribution is -2.02. The highest BCUT2D eigenvalue weighted by Gasteiger charge is 2.26. The van der Waals surface area contributed by atoms with Crippen molar-refractivity contribution in [2.24, 2.45) is 5.92 Å². The summed E-state index contributed by atoms with van der Waals surface area (Å²) in [6, 6.07) is 22.5. The van der Waals surface area contributed by atoms with E-state index >= 15 is 0 Å². The predicted molar refractivity (Wildman–Crippen MR) is 112 cm³/mol. The van der Waals surface area contributed by atoms with Crippen molar-refractivity contribution in [3.05, 3.63) is 72.4 Å². The lowest BCUT2D eigenvalue weighted by Gasteiger charge is -2.11. The fraction of sp³-hybridized carbons (Fsp3) is 0.167. The van der Waals surface area contributed by atoms with Gasteiger partial charge in [0.05, 0.1) is 22.5 Å². The van der Waals surface area contributed by atoms with E-state index in [1.54, 1.807) is 0 Å². The first-order chi connectivity index (χ1) is 13.7. The summed E-state index contributed by atoms with van der Waals surface area (Å²) in [4.78, 5) is 4.49. The monoisotopic (exact) mass is 364 g/mol. The van der Waals surface area contributed by atoms with Gasteiger partial charge in [-0.3, -0.25) is 4.98 Å². The first-order valence-corrected chi connectivity index (χ1v) is 9.58. The summed E-state index contributed by atoms with van der Waals surface area (Å²) in [5.41, 5.74) is 12.5. The van der Waals surface area contributed by atoms with Crippen LogP contribution in [0.3, 0.4) is 0 Å². The molecule has 2 N–H and O–H groups in total. The van der Waals surface area contributed by atoms with Crippen molar-refractivity contribution >= 4 is 16.6 Å². The van der Waals surface area contributed by atoms with Gasteiger partial charge < -0.3 is 10.3 Å². The molecule has 0 aliphatic heterocycles. The topological polar surface area (TPSA) is 67.6 Å². The third-order valence-electron chi connectivity index (χ3n) is 5.46. The van der Waals surface area contributed by atoms with Crippen molar-refractivity contribution in [1.82, 2.24) is 9.55 Å². The van der Waals surface area contributed by atoms with Crippen molar-refractivity contribution in [3.63, 3.8) is 0 Å². The van der Waals surface area contributed by atoms with Gasteiger partial charge in [0.15, 0.2) is 0 Å². The van der Waals surface area contributed by atoms with Crippen LogP contribution in [-0.2, 0) is 6.54 Å². The Morgan fingerprint density at radius 1 is 1.04 bits per heavy atom. The summed E-state index contributed by atoms with van der Waals surface area (Å²) in [7, 11) is 0. The Balaban J connectivity index is 1.77.